The van der Waals surface area contributed by atoms with Crippen molar-refractivity contribution in [2.24, 2.45) is 0 Å². The number of carbonyl (C=O) groups excluding carboxylic acids is 3. The van der Waals surface area contributed by atoms with Crippen molar-refractivity contribution in [3.05, 3.63) is 53.6 Å². The Bertz CT molecular complexity index is 1200. The van der Waals surface area contributed by atoms with Gasteiger partial charge >= 0.3 is 21.6 Å². The molecular weight excluding hydrogens is 419 g/mol. The summed E-state index contributed by atoms with van der Waals surface area (Å²) in [6.07, 6.45) is 0. The number of nitrogens with zero attached hydrogens (tertiary/aromatic N) is 1. The van der Waals surface area contributed by atoms with Gasteiger partial charge < -0.3 is 4.74 Å². The highest BCUT2D eigenvalue weighted by Crippen LogP contribution is 2.35. The Kier molecular flexibility index (Phi) is 4.71. The van der Waals surface area contributed by atoms with Crippen LogP contribution in [0.1, 0.15) is 27.6 Å². The van der Waals surface area contributed by atoms with Gasteiger partial charge in [-0.15, -0.1) is 9.35 Å². The van der Waals surface area contributed by atoms with Crippen LogP contribution in [0.3, 0.4) is 0 Å². The third-order valence-corrected chi connectivity index (χ3v) is 4.71. The molecule has 0 aromatic heterocycles. The Labute approximate surface area is 161 Å². The highest BCUT2D eigenvalue weighted by atomic mass is 32.2. The van der Waals surface area contributed by atoms with E-state index in [0.717, 1.165) is 6.07 Å². The first-order valence-corrected chi connectivity index (χ1v) is 9.08. The van der Waals surface area contributed by atoms with Crippen LogP contribution in [0.25, 0.3) is 10.8 Å². The molecule has 1 heterocycles. The summed E-state index contributed by atoms with van der Waals surface area (Å²) in [5, 5.41) is -0.198. The van der Waals surface area contributed by atoms with Gasteiger partial charge in [-0.3, -0.25) is 9.59 Å². The molecule has 3 rings (SSSR count). The average Bonchev–Trinajstić information content (AvgIpc) is 2.61. The molecule has 2 aromatic carbocycles. The van der Waals surface area contributed by atoms with Crippen molar-refractivity contribution in [3.8, 4) is 5.75 Å². The summed E-state index contributed by atoms with van der Waals surface area (Å²) in [6, 6.07) is 6.29. The summed E-state index contributed by atoms with van der Waals surface area (Å²) >= 11 is 0. The van der Waals surface area contributed by atoms with Gasteiger partial charge in [-0.05, 0) is 30.5 Å². The molecule has 2 aromatic rings. The molecule has 29 heavy (non-hydrogen) atoms. The van der Waals surface area contributed by atoms with E-state index in [1.807, 2.05) is 0 Å². The van der Waals surface area contributed by atoms with E-state index in [1.54, 1.807) is 0 Å². The Morgan fingerprint density at radius 1 is 1.10 bits per heavy atom. The number of esters is 1. The number of hydrogen-bond acceptors (Lipinski definition) is 7. The highest BCUT2D eigenvalue weighted by Gasteiger charge is 2.51. The molecule has 0 bridgehead atoms. The van der Waals surface area contributed by atoms with Crippen molar-refractivity contribution in [2.45, 2.75) is 12.4 Å². The van der Waals surface area contributed by atoms with Crippen LogP contribution in [0.5, 0.6) is 5.75 Å². The van der Waals surface area contributed by atoms with Gasteiger partial charge in [-0.1, -0.05) is 18.7 Å². The zero-order valence-corrected chi connectivity index (χ0v) is 15.3. The number of hydrogen-bond donors (Lipinski definition) is 0. The van der Waals surface area contributed by atoms with Crippen LogP contribution in [-0.4, -0.2) is 36.8 Å². The maximum absolute atomic E-state index is 12.6. The van der Waals surface area contributed by atoms with Gasteiger partial charge in [0.2, 0.25) is 0 Å². The van der Waals surface area contributed by atoms with Crippen LogP contribution in [0.2, 0.25) is 0 Å². The topological polar surface area (TPSA) is 107 Å². The fourth-order valence-electron chi connectivity index (χ4n) is 2.52. The van der Waals surface area contributed by atoms with Crippen LogP contribution in [0.4, 0.5) is 13.2 Å². The van der Waals surface area contributed by atoms with Crippen molar-refractivity contribution >= 4 is 38.7 Å². The van der Waals surface area contributed by atoms with E-state index in [-0.39, 0.29) is 33.2 Å². The molecule has 0 N–H and O–H groups in total. The lowest BCUT2D eigenvalue weighted by atomic mass is 9.95. The second-order valence-electron chi connectivity index (χ2n) is 5.92. The van der Waals surface area contributed by atoms with Crippen molar-refractivity contribution in [1.29, 1.82) is 0 Å². The first-order chi connectivity index (χ1) is 13.3. The quantitative estimate of drug-likeness (QED) is 0.242. The van der Waals surface area contributed by atoms with E-state index < -0.39 is 38.5 Å². The molecule has 0 aliphatic carbocycles. The zero-order chi connectivity index (χ0) is 21.7. The molecule has 2 amide bonds. The van der Waals surface area contributed by atoms with E-state index in [1.165, 1.54) is 31.2 Å². The van der Waals surface area contributed by atoms with Crippen LogP contribution < -0.4 is 4.74 Å². The summed E-state index contributed by atoms with van der Waals surface area (Å²) in [6.45, 7) is 4.76. The standard InChI is InChI=1S/C17H10F3NO7S/c1-8(2)16(24)27-10-6-9-4-3-5-11-13(9)12(7-10)15(23)21(14(11)22)28-29(25,26)17(18,19)20/h3-7H,1H2,2H3. The van der Waals surface area contributed by atoms with Gasteiger partial charge in [0.05, 0.1) is 11.1 Å². The van der Waals surface area contributed by atoms with Gasteiger partial charge in [0, 0.05) is 11.0 Å². The van der Waals surface area contributed by atoms with Crippen molar-refractivity contribution in [3.63, 3.8) is 0 Å². The molecule has 0 atom stereocenters. The molecule has 0 fully saturated rings. The SMILES string of the molecule is C=C(C)C(=O)Oc1cc2c3c(cccc3c1)C(=O)N(OS(=O)(=O)C(F)(F)F)C2=O. The third kappa shape index (κ3) is 3.47. The number of hydroxylamine groups is 2. The predicted octanol–water partition coefficient (Wildman–Crippen LogP) is 2.70. The second kappa shape index (κ2) is 6.67. The van der Waals surface area contributed by atoms with Crippen molar-refractivity contribution in [2.75, 3.05) is 0 Å². The molecule has 0 saturated heterocycles. The molecule has 12 heteroatoms. The lowest BCUT2D eigenvalue weighted by molar-refractivity contribution is -0.130. The average molecular weight is 429 g/mol. The van der Waals surface area contributed by atoms with E-state index in [9.17, 15) is 36.0 Å². The van der Waals surface area contributed by atoms with Gasteiger partial charge in [-0.25, -0.2) is 4.79 Å². The number of carbonyl (C=O) groups is 3. The summed E-state index contributed by atoms with van der Waals surface area (Å²) in [5.41, 5.74) is -6.49. The molecule has 0 radical (unpaired) electrons. The van der Waals surface area contributed by atoms with E-state index in [2.05, 4.69) is 10.9 Å². The van der Waals surface area contributed by atoms with E-state index in [4.69, 9.17) is 4.74 Å². The van der Waals surface area contributed by atoms with Crippen LogP contribution in [0.15, 0.2) is 42.5 Å². The van der Waals surface area contributed by atoms with E-state index >= 15 is 0 Å². The Morgan fingerprint density at radius 3 is 2.31 bits per heavy atom. The molecule has 0 spiro atoms. The van der Waals surface area contributed by atoms with Crippen molar-refractivity contribution in [1.82, 2.24) is 5.06 Å². The lowest BCUT2D eigenvalue weighted by Crippen LogP contribution is -2.44. The molecule has 0 unspecified atom stereocenters. The van der Waals surface area contributed by atoms with Gasteiger partial charge in [0.25, 0.3) is 11.8 Å². The molecule has 8 nitrogen and oxygen atoms in total. The molecule has 1 aliphatic heterocycles. The number of ether oxygens (including phenoxy) is 1. The van der Waals surface area contributed by atoms with Gasteiger partial charge in [0.15, 0.2) is 0 Å². The van der Waals surface area contributed by atoms with Crippen molar-refractivity contribution < 1.29 is 45.0 Å². The molecule has 0 saturated carbocycles. The maximum atomic E-state index is 12.6. The third-order valence-electron chi connectivity index (χ3n) is 3.80. The largest absolute Gasteiger partial charge is 0.525 e. The van der Waals surface area contributed by atoms with Gasteiger partial charge in [0.1, 0.15) is 5.75 Å². The minimum absolute atomic E-state index is 0.0372. The summed E-state index contributed by atoms with van der Waals surface area (Å²) < 4.78 is 69.2. The fraction of sp³-hybridized carbons (Fsp3) is 0.118. The summed E-state index contributed by atoms with van der Waals surface area (Å²) in [5.74, 6) is -3.87. The van der Waals surface area contributed by atoms with E-state index in [0.29, 0.717) is 0 Å². The Morgan fingerprint density at radius 2 is 1.72 bits per heavy atom. The molecule has 1 aliphatic rings. The minimum atomic E-state index is -6.29. The first kappa shape index (κ1) is 20.5. The van der Waals surface area contributed by atoms with Gasteiger partial charge in [-0.2, -0.15) is 21.6 Å². The Balaban J connectivity index is 2.15. The molecule has 152 valence electrons. The molecular formula is C17H10F3NO7S. The number of benzene rings is 2. The maximum Gasteiger partial charge on any atom is 0.525 e. The Hall–Kier alpha value is -3.25. The number of halogens is 3. The minimum Gasteiger partial charge on any atom is -0.423 e. The van der Waals surface area contributed by atoms with Crippen LogP contribution >= 0.6 is 0 Å². The predicted molar refractivity (Wildman–Crippen MR) is 91.0 cm³/mol. The lowest BCUT2D eigenvalue weighted by Gasteiger charge is -2.25. The summed E-state index contributed by atoms with van der Waals surface area (Å²) in [4.78, 5) is 36.7. The second-order valence-corrected chi connectivity index (χ2v) is 7.44. The first-order valence-electron chi connectivity index (χ1n) is 7.67. The summed E-state index contributed by atoms with van der Waals surface area (Å²) in [7, 11) is -6.29. The normalized spacial score (nSPS) is 14.3. The smallest absolute Gasteiger partial charge is 0.423 e. The monoisotopic (exact) mass is 429 g/mol. The number of amides is 2. The van der Waals surface area contributed by atoms with Crippen LogP contribution in [-0.2, 0) is 19.2 Å². The zero-order valence-electron chi connectivity index (χ0n) is 14.4. The highest BCUT2D eigenvalue weighted by molar-refractivity contribution is 7.87. The number of alkyl halides is 3. The van der Waals surface area contributed by atoms with Crippen LogP contribution in [0, 0.1) is 0 Å². The number of imide groups is 1. The number of rotatable bonds is 4. The fourth-order valence-corrected chi connectivity index (χ4v) is 2.94.